The molecule has 0 rings (SSSR count). The highest BCUT2D eigenvalue weighted by atomic mass is 32.1. The molecule has 0 aromatic carbocycles. The van der Waals surface area contributed by atoms with Gasteiger partial charge < -0.3 is 21.3 Å². The lowest BCUT2D eigenvalue weighted by Crippen LogP contribution is -2.45. The summed E-state index contributed by atoms with van der Waals surface area (Å²) in [7, 11) is 0. The van der Waals surface area contributed by atoms with E-state index in [1.54, 1.807) is 18.2 Å². The summed E-state index contributed by atoms with van der Waals surface area (Å²) in [5.74, 6) is -2.58. The van der Waals surface area contributed by atoms with Crippen LogP contribution in [0, 0.1) is 5.92 Å². The number of thiol groups is 1. The number of nitrogens with two attached hydrogens (primary N) is 1. The monoisotopic (exact) mass is 478 g/mol. The van der Waals surface area contributed by atoms with Gasteiger partial charge in [0, 0.05) is 12.2 Å². The fourth-order valence-corrected chi connectivity index (χ4v) is 2.85. The van der Waals surface area contributed by atoms with Gasteiger partial charge in [0.2, 0.25) is 5.91 Å². The molecule has 0 unspecified atom stereocenters. The quantitative estimate of drug-likeness (QED) is 0.117. The molecule has 8 heteroatoms. The van der Waals surface area contributed by atoms with E-state index in [9.17, 15) is 19.5 Å². The van der Waals surface area contributed by atoms with Crippen LogP contribution in [0.3, 0.4) is 0 Å². The van der Waals surface area contributed by atoms with E-state index < -0.39 is 29.9 Å². The van der Waals surface area contributed by atoms with Crippen molar-refractivity contribution in [2.75, 3.05) is 12.3 Å². The first kappa shape index (κ1) is 30.6. The molecule has 0 saturated heterocycles. The SMILES string of the molecule is CC/C=C\C/C=C\C\C=C/C=C/C=C/[C@@H](C(=O)CNC(=O)[C@@H](N)CS)[C@@H](O)CCCC(=O)O. The third kappa shape index (κ3) is 16.8. The number of carbonyl (C=O) groups is 3. The number of carbonyl (C=O) groups excluding carboxylic acids is 2. The summed E-state index contributed by atoms with van der Waals surface area (Å²) >= 11 is 3.95. The third-order valence-corrected chi connectivity index (χ3v) is 4.94. The van der Waals surface area contributed by atoms with Crippen LogP contribution in [0.4, 0.5) is 0 Å². The van der Waals surface area contributed by atoms with Gasteiger partial charge in [-0.25, -0.2) is 0 Å². The van der Waals surface area contributed by atoms with Crippen LogP contribution in [0.2, 0.25) is 0 Å². The molecule has 33 heavy (non-hydrogen) atoms. The maximum Gasteiger partial charge on any atom is 0.303 e. The second-order valence-corrected chi connectivity index (χ2v) is 7.74. The topological polar surface area (TPSA) is 130 Å². The lowest BCUT2D eigenvalue weighted by Gasteiger charge is -2.19. The Morgan fingerprint density at radius 3 is 2.27 bits per heavy atom. The molecule has 0 fully saturated rings. The summed E-state index contributed by atoms with van der Waals surface area (Å²) < 4.78 is 0. The highest BCUT2D eigenvalue weighted by Gasteiger charge is 2.25. The molecule has 0 saturated carbocycles. The zero-order valence-corrected chi connectivity index (χ0v) is 20.2. The Balaban J connectivity index is 4.83. The summed E-state index contributed by atoms with van der Waals surface area (Å²) in [6.45, 7) is 1.81. The van der Waals surface area contributed by atoms with Crippen LogP contribution in [-0.2, 0) is 14.4 Å². The van der Waals surface area contributed by atoms with E-state index >= 15 is 0 Å². The molecule has 0 aliphatic heterocycles. The molecular weight excluding hydrogens is 440 g/mol. The smallest absolute Gasteiger partial charge is 0.303 e. The van der Waals surface area contributed by atoms with E-state index in [2.05, 4.69) is 49.2 Å². The van der Waals surface area contributed by atoms with E-state index in [1.807, 2.05) is 18.2 Å². The van der Waals surface area contributed by atoms with E-state index in [0.29, 0.717) is 0 Å². The van der Waals surface area contributed by atoms with Crippen molar-refractivity contribution in [2.24, 2.45) is 11.7 Å². The molecule has 3 atom stereocenters. The van der Waals surface area contributed by atoms with Crippen molar-refractivity contribution in [1.82, 2.24) is 5.32 Å². The number of carboxylic acids is 1. The minimum Gasteiger partial charge on any atom is -0.481 e. The van der Waals surface area contributed by atoms with Crippen molar-refractivity contribution >= 4 is 30.3 Å². The zero-order valence-electron chi connectivity index (χ0n) is 19.3. The van der Waals surface area contributed by atoms with Crippen LogP contribution in [0.1, 0.15) is 45.4 Å². The summed E-state index contributed by atoms with van der Waals surface area (Å²) in [6.07, 6.45) is 21.1. The van der Waals surface area contributed by atoms with Gasteiger partial charge in [-0.05, 0) is 32.1 Å². The molecule has 7 nitrogen and oxygen atoms in total. The first-order chi connectivity index (χ1) is 15.8. The van der Waals surface area contributed by atoms with Crippen molar-refractivity contribution in [3.05, 3.63) is 60.8 Å². The second kappa shape index (κ2) is 20.2. The number of amides is 1. The number of hydrogen-bond donors (Lipinski definition) is 5. The number of hydrogen-bond acceptors (Lipinski definition) is 6. The van der Waals surface area contributed by atoms with E-state index in [0.717, 1.165) is 19.3 Å². The highest BCUT2D eigenvalue weighted by Crippen LogP contribution is 2.14. The molecule has 0 radical (unpaired) electrons. The Kier molecular flexibility index (Phi) is 18.7. The van der Waals surface area contributed by atoms with E-state index in [4.69, 9.17) is 10.8 Å². The van der Waals surface area contributed by atoms with Gasteiger partial charge in [0.15, 0.2) is 5.78 Å². The molecule has 0 heterocycles. The number of aliphatic carboxylic acids is 1. The van der Waals surface area contributed by atoms with Crippen LogP contribution < -0.4 is 11.1 Å². The average molecular weight is 479 g/mol. The average Bonchev–Trinajstić information content (AvgIpc) is 2.79. The van der Waals surface area contributed by atoms with Crippen LogP contribution in [0.25, 0.3) is 0 Å². The summed E-state index contributed by atoms with van der Waals surface area (Å²) in [6, 6.07) is -0.826. The molecule has 0 bridgehead atoms. The number of Topliss-reactive ketones (excluding diaryl/α,β-unsaturated/α-hetero) is 1. The third-order valence-electron chi connectivity index (χ3n) is 4.55. The standard InChI is InChI=1S/C25H38N2O5S/c1-2-3-4-5-6-7-8-9-10-11-12-13-15-20(22(28)16-14-17-24(30)31)23(29)18-27-25(32)21(26)19-33/h3-4,6-7,9-13,15,20-22,28,33H,2,5,8,14,16-19,26H2,1H3,(H,27,32)(H,30,31)/b4-3-,7-6-,10-9-,12-11+,15-13+/t20-,21+,22+/m1/s1. The Bertz CT molecular complexity index is 728. The molecule has 5 N–H and O–H groups in total. The van der Waals surface area contributed by atoms with Gasteiger partial charge in [-0.1, -0.05) is 67.7 Å². The fourth-order valence-electron chi connectivity index (χ4n) is 2.68. The van der Waals surface area contributed by atoms with E-state index in [1.165, 1.54) is 0 Å². The molecule has 0 aliphatic carbocycles. The molecule has 0 spiro atoms. The maximum atomic E-state index is 12.6. The lowest BCUT2D eigenvalue weighted by molar-refractivity contribution is -0.137. The Morgan fingerprint density at radius 1 is 1.00 bits per heavy atom. The van der Waals surface area contributed by atoms with Crippen molar-refractivity contribution < 1.29 is 24.6 Å². The first-order valence-electron chi connectivity index (χ1n) is 11.2. The normalized spacial score (nSPS) is 15.2. The van der Waals surface area contributed by atoms with Crippen molar-refractivity contribution in [3.63, 3.8) is 0 Å². The van der Waals surface area contributed by atoms with Gasteiger partial charge in [-0.3, -0.25) is 14.4 Å². The van der Waals surface area contributed by atoms with Gasteiger partial charge in [0.1, 0.15) is 0 Å². The largest absolute Gasteiger partial charge is 0.481 e. The Morgan fingerprint density at radius 2 is 1.64 bits per heavy atom. The molecule has 0 aromatic rings. The van der Waals surface area contributed by atoms with Crippen LogP contribution in [0.5, 0.6) is 0 Å². The van der Waals surface area contributed by atoms with Crippen LogP contribution in [0.15, 0.2) is 60.8 Å². The zero-order chi connectivity index (χ0) is 24.9. The Labute approximate surface area is 202 Å². The fraction of sp³-hybridized carbons (Fsp3) is 0.480. The molecule has 184 valence electrons. The number of nitrogens with one attached hydrogen (secondary N) is 1. The van der Waals surface area contributed by atoms with Crippen LogP contribution in [-0.4, -0.2) is 52.3 Å². The summed E-state index contributed by atoms with van der Waals surface area (Å²) in [5, 5.41) is 21.6. The second-order valence-electron chi connectivity index (χ2n) is 7.37. The number of carboxylic acid groups (broad SMARTS) is 1. The van der Waals surface area contributed by atoms with Crippen LogP contribution >= 0.6 is 12.6 Å². The molecular formula is C25H38N2O5S. The van der Waals surface area contributed by atoms with E-state index in [-0.39, 0.29) is 37.3 Å². The number of rotatable bonds is 18. The minimum absolute atomic E-state index is 0.0940. The maximum absolute atomic E-state index is 12.6. The number of allylic oxidation sites excluding steroid dienone is 9. The Hall–Kier alpha value is -2.42. The van der Waals surface area contributed by atoms with Crippen molar-refractivity contribution in [2.45, 2.75) is 57.6 Å². The van der Waals surface area contributed by atoms with Gasteiger partial charge in [0.05, 0.1) is 24.6 Å². The predicted octanol–water partition coefficient (Wildman–Crippen LogP) is 3.13. The number of aliphatic hydroxyl groups is 1. The van der Waals surface area contributed by atoms with Crippen molar-refractivity contribution in [3.8, 4) is 0 Å². The minimum atomic E-state index is -1.06. The molecule has 0 aromatic heterocycles. The molecule has 0 aliphatic rings. The van der Waals surface area contributed by atoms with Gasteiger partial charge in [-0.2, -0.15) is 12.6 Å². The number of ketones is 1. The predicted molar refractivity (Wildman–Crippen MR) is 136 cm³/mol. The number of aliphatic hydroxyl groups excluding tert-OH is 1. The first-order valence-corrected chi connectivity index (χ1v) is 11.8. The van der Waals surface area contributed by atoms with Gasteiger partial charge >= 0.3 is 5.97 Å². The highest BCUT2D eigenvalue weighted by molar-refractivity contribution is 7.80. The van der Waals surface area contributed by atoms with Gasteiger partial charge in [-0.15, -0.1) is 0 Å². The summed E-state index contributed by atoms with van der Waals surface area (Å²) in [5.41, 5.74) is 5.58. The summed E-state index contributed by atoms with van der Waals surface area (Å²) in [4.78, 5) is 35.1. The molecule has 1 amide bonds. The van der Waals surface area contributed by atoms with Gasteiger partial charge in [0.25, 0.3) is 0 Å². The lowest BCUT2D eigenvalue weighted by atomic mass is 9.92. The van der Waals surface area contributed by atoms with Crippen molar-refractivity contribution in [1.29, 1.82) is 0 Å².